The van der Waals surface area contributed by atoms with Crippen LogP contribution in [0.15, 0.2) is 24.3 Å². The minimum absolute atomic E-state index is 0. The van der Waals surface area contributed by atoms with Crippen LogP contribution in [0.2, 0.25) is 0 Å². The Balaban J connectivity index is 0. The summed E-state index contributed by atoms with van der Waals surface area (Å²) in [6.45, 7) is 5.74. The molecule has 1 fully saturated rings. The molecule has 1 aliphatic rings. The van der Waals surface area contributed by atoms with Gasteiger partial charge in [0.05, 0.1) is 0 Å². The second-order valence-corrected chi connectivity index (χ2v) is 4.32. The first-order valence-corrected chi connectivity index (χ1v) is 5.49. The molecule has 3 nitrogen and oxygen atoms in total. The molecule has 0 aromatic heterocycles. The zero-order valence-electron chi connectivity index (χ0n) is 10.5. The van der Waals surface area contributed by atoms with Gasteiger partial charge in [0.15, 0.2) is 0 Å². The second-order valence-electron chi connectivity index (χ2n) is 4.32. The van der Waals surface area contributed by atoms with E-state index in [1.807, 2.05) is 12.1 Å². The summed E-state index contributed by atoms with van der Waals surface area (Å²) in [6, 6.07) is 8.19. The molecule has 1 heterocycles. The van der Waals surface area contributed by atoms with E-state index in [1.54, 1.807) is 0 Å². The summed E-state index contributed by atoms with van der Waals surface area (Å²) in [5.41, 5.74) is 7.86. The zero-order chi connectivity index (χ0) is 10.7. The van der Waals surface area contributed by atoms with Gasteiger partial charge in [-0.3, -0.25) is 4.90 Å². The maximum Gasteiger partial charge on any atom is 0.0314 e. The molecule has 1 aliphatic heterocycles. The van der Waals surface area contributed by atoms with Crippen molar-refractivity contribution < 1.29 is 0 Å². The van der Waals surface area contributed by atoms with Gasteiger partial charge < -0.3 is 10.6 Å². The lowest BCUT2D eigenvalue weighted by Crippen LogP contribution is -2.43. The molecule has 1 aromatic rings. The van der Waals surface area contributed by atoms with Crippen molar-refractivity contribution in [2.24, 2.45) is 0 Å². The number of likely N-dealkylation sites (N-methyl/N-ethyl adjacent to an activating group) is 1. The van der Waals surface area contributed by atoms with Crippen LogP contribution in [0.3, 0.4) is 0 Å². The van der Waals surface area contributed by atoms with Crippen LogP contribution >= 0.6 is 37.2 Å². The van der Waals surface area contributed by atoms with Crippen LogP contribution in [0, 0.1) is 0 Å². The number of piperazine rings is 1. The highest BCUT2D eigenvalue weighted by molar-refractivity contribution is 5.86. The minimum atomic E-state index is 0. The second kappa shape index (κ2) is 9.70. The van der Waals surface area contributed by atoms with Crippen molar-refractivity contribution in [3.63, 3.8) is 0 Å². The summed E-state index contributed by atoms with van der Waals surface area (Å²) in [5.74, 6) is 0. The Kier molecular flexibility index (Phi) is 10.9. The maximum atomic E-state index is 5.66. The first-order chi connectivity index (χ1) is 7.24. The topological polar surface area (TPSA) is 32.5 Å². The van der Waals surface area contributed by atoms with Gasteiger partial charge in [-0.1, -0.05) is 12.1 Å². The Bertz CT molecular complexity index is 311. The number of nitrogen functional groups attached to an aromatic ring is 1. The van der Waals surface area contributed by atoms with Crippen molar-refractivity contribution in [3.05, 3.63) is 29.8 Å². The molecule has 0 amide bonds. The van der Waals surface area contributed by atoms with Gasteiger partial charge in [-0.2, -0.15) is 0 Å². The highest BCUT2D eigenvalue weighted by Gasteiger charge is 2.13. The molecule has 2 N–H and O–H groups in total. The van der Waals surface area contributed by atoms with Gasteiger partial charge in [0.1, 0.15) is 0 Å². The fourth-order valence-corrected chi connectivity index (χ4v) is 1.89. The average Bonchev–Trinajstić information content (AvgIpc) is 2.25. The number of hydrogen-bond donors (Lipinski definition) is 1. The van der Waals surface area contributed by atoms with Crippen LogP contribution in [0.25, 0.3) is 0 Å². The van der Waals surface area contributed by atoms with E-state index < -0.39 is 0 Å². The molecular weight excluding hydrogens is 293 g/mol. The van der Waals surface area contributed by atoms with Crippen molar-refractivity contribution in [1.29, 1.82) is 0 Å². The number of anilines is 1. The third-order valence-corrected chi connectivity index (χ3v) is 2.98. The fraction of sp³-hybridized carbons (Fsp3) is 0.500. The number of benzene rings is 1. The van der Waals surface area contributed by atoms with Gasteiger partial charge in [-0.15, -0.1) is 37.2 Å². The van der Waals surface area contributed by atoms with E-state index in [9.17, 15) is 0 Å². The summed E-state index contributed by atoms with van der Waals surface area (Å²) < 4.78 is 0. The van der Waals surface area contributed by atoms with Crippen molar-refractivity contribution in [1.82, 2.24) is 9.80 Å². The molecule has 106 valence electrons. The van der Waals surface area contributed by atoms with Gasteiger partial charge in [0.25, 0.3) is 0 Å². The van der Waals surface area contributed by atoms with Crippen LogP contribution < -0.4 is 5.73 Å². The molecule has 18 heavy (non-hydrogen) atoms. The summed E-state index contributed by atoms with van der Waals surface area (Å²) in [4.78, 5) is 4.87. The van der Waals surface area contributed by atoms with Gasteiger partial charge in [0.2, 0.25) is 0 Å². The van der Waals surface area contributed by atoms with E-state index in [4.69, 9.17) is 5.73 Å². The minimum Gasteiger partial charge on any atom is -0.399 e. The quantitative estimate of drug-likeness (QED) is 0.850. The number of nitrogens with two attached hydrogens (primary N) is 1. The predicted octanol–water partition coefficient (Wildman–Crippen LogP) is 2.28. The maximum absolute atomic E-state index is 5.66. The standard InChI is InChI=1S/C12H19N3.3ClH/c1-14-6-8-15(9-7-14)10-11-2-4-12(13)5-3-11;;;/h2-5H,6-10,13H2,1H3;3*1H. The first-order valence-electron chi connectivity index (χ1n) is 5.49. The lowest BCUT2D eigenvalue weighted by Gasteiger charge is -2.32. The van der Waals surface area contributed by atoms with E-state index in [0.717, 1.165) is 12.2 Å². The third kappa shape index (κ3) is 6.12. The highest BCUT2D eigenvalue weighted by atomic mass is 35.5. The summed E-state index contributed by atoms with van der Waals surface area (Å²) >= 11 is 0. The van der Waals surface area contributed by atoms with Gasteiger partial charge in [-0.05, 0) is 24.7 Å². The molecule has 0 spiro atoms. The normalized spacial score (nSPS) is 16.1. The average molecular weight is 315 g/mol. The summed E-state index contributed by atoms with van der Waals surface area (Å²) in [5, 5.41) is 0. The number of hydrogen-bond acceptors (Lipinski definition) is 3. The highest BCUT2D eigenvalue weighted by Crippen LogP contribution is 2.10. The molecule has 0 atom stereocenters. The van der Waals surface area contributed by atoms with E-state index in [0.29, 0.717) is 0 Å². The molecule has 0 unspecified atom stereocenters. The Labute approximate surface area is 128 Å². The molecule has 2 rings (SSSR count). The Morgan fingerprint density at radius 2 is 1.44 bits per heavy atom. The van der Waals surface area contributed by atoms with Crippen LogP contribution in [-0.2, 0) is 6.54 Å². The number of rotatable bonds is 2. The largest absolute Gasteiger partial charge is 0.399 e. The molecule has 6 heteroatoms. The number of halogens is 3. The van der Waals surface area contributed by atoms with Crippen molar-refractivity contribution in [2.45, 2.75) is 6.54 Å². The van der Waals surface area contributed by atoms with Crippen molar-refractivity contribution >= 4 is 42.9 Å². The molecule has 0 aliphatic carbocycles. The number of nitrogens with zero attached hydrogens (tertiary/aromatic N) is 2. The van der Waals surface area contributed by atoms with Gasteiger partial charge in [0, 0.05) is 38.4 Å². The van der Waals surface area contributed by atoms with Crippen LogP contribution in [0.5, 0.6) is 0 Å². The Hall–Kier alpha value is -0.190. The predicted molar refractivity (Wildman–Crippen MR) is 85.4 cm³/mol. The van der Waals surface area contributed by atoms with Crippen molar-refractivity contribution in [2.75, 3.05) is 39.0 Å². The summed E-state index contributed by atoms with van der Waals surface area (Å²) in [7, 11) is 2.18. The SMILES string of the molecule is CN1CCN(Cc2ccc(N)cc2)CC1.Cl.Cl.Cl. The smallest absolute Gasteiger partial charge is 0.0314 e. The van der Waals surface area contributed by atoms with Crippen LogP contribution in [-0.4, -0.2) is 43.0 Å². The molecule has 0 bridgehead atoms. The van der Waals surface area contributed by atoms with Crippen LogP contribution in [0.1, 0.15) is 5.56 Å². The van der Waals surface area contributed by atoms with E-state index in [1.165, 1.54) is 31.7 Å². The third-order valence-electron chi connectivity index (χ3n) is 2.98. The molecular formula is C12H22Cl3N3. The molecule has 1 aromatic carbocycles. The lowest BCUT2D eigenvalue weighted by atomic mass is 10.2. The van der Waals surface area contributed by atoms with E-state index in [-0.39, 0.29) is 37.2 Å². The molecule has 1 saturated heterocycles. The molecule has 0 saturated carbocycles. The van der Waals surface area contributed by atoms with E-state index in [2.05, 4.69) is 29.0 Å². The zero-order valence-corrected chi connectivity index (χ0v) is 13.0. The van der Waals surface area contributed by atoms with Gasteiger partial charge in [-0.25, -0.2) is 0 Å². The van der Waals surface area contributed by atoms with Gasteiger partial charge >= 0.3 is 0 Å². The fourth-order valence-electron chi connectivity index (χ4n) is 1.89. The first kappa shape index (κ1) is 20.1. The molecule has 0 radical (unpaired) electrons. The van der Waals surface area contributed by atoms with Crippen molar-refractivity contribution in [3.8, 4) is 0 Å². The monoisotopic (exact) mass is 313 g/mol. The Morgan fingerprint density at radius 3 is 1.94 bits per heavy atom. The van der Waals surface area contributed by atoms with Crippen LogP contribution in [0.4, 0.5) is 5.69 Å². The Morgan fingerprint density at radius 1 is 0.944 bits per heavy atom. The lowest BCUT2D eigenvalue weighted by molar-refractivity contribution is 0.148. The summed E-state index contributed by atoms with van der Waals surface area (Å²) in [6.07, 6.45) is 0. The van der Waals surface area contributed by atoms with E-state index >= 15 is 0 Å².